The van der Waals surface area contributed by atoms with Crippen LogP contribution in [0.4, 0.5) is 5.82 Å². The predicted molar refractivity (Wildman–Crippen MR) is 67.9 cm³/mol. The van der Waals surface area contributed by atoms with Crippen LogP contribution in [0.15, 0.2) is 18.3 Å². The average Bonchev–Trinajstić information content (AvgIpc) is 2.30. The van der Waals surface area contributed by atoms with E-state index in [1.807, 2.05) is 24.0 Å². The van der Waals surface area contributed by atoms with Crippen LogP contribution in [0.2, 0.25) is 0 Å². The number of hydrogen-bond donors (Lipinski definition) is 0. The first kappa shape index (κ1) is 11.1. The molecule has 1 aromatic heterocycles. The molecule has 0 aliphatic carbocycles. The number of rotatable bonds is 2. The van der Waals surface area contributed by atoms with Crippen molar-refractivity contribution in [3.05, 3.63) is 23.9 Å². The fourth-order valence-corrected chi connectivity index (χ4v) is 3.06. The van der Waals surface area contributed by atoms with Crippen molar-refractivity contribution in [3.63, 3.8) is 0 Å². The zero-order valence-corrected chi connectivity index (χ0v) is 10.4. The topological polar surface area (TPSA) is 16.1 Å². The van der Waals surface area contributed by atoms with Gasteiger partial charge in [-0.2, -0.15) is 11.8 Å². The van der Waals surface area contributed by atoms with Gasteiger partial charge in [0.1, 0.15) is 5.82 Å². The minimum atomic E-state index is 0.541. The second-order valence-corrected chi connectivity index (χ2v) is 5.15. The van der Waals surface area contributed by atoms with Gasteiger partial charge >= 0.3 is 0 Å². The highest BCUT2D eigenvalue weighted by Gasteiger charge is 2.21. The van der Waals surface area contributed by atoms with Crippen molar-refractivity contribution in [1.82, 2.24) is 4.98 Å². The van der Waals surface area contributed by atoms with Gasteiger partial charge < -0.3 is 4.90 Å². The van der Waals surface area contributed by atoms with Gasteiger partial charge in [0.05, 0.1) is 5.88 Å². The zero-order valence-electron chi connectivity index (χ0n) is 8.82. The van der Waals surface area contributed by atoms with E-state index >= 15 is 0 Å². The van der Waals surface area contributed by atoms with E-state index < -0.39 is 0 Å². The smallest absolute Gasteiger partial charge is 0.133 e. The van der Waals surface area contributed by atoms with Crippen LogP contribution in [0.25, 0.3) is 0 Å². The van der Waals surface area contributed by atoms with Crippen molar-refractivity contribution in [2.45, 2.75) is 18.8 Å². The molecule has 15 heavy (non-hydrogen) atoms. The molecule has 82 valence electrons. The molecule has 0 bridgehead atoms. The van der Waals surface area contributed by atoms with E-state index in [2.05, 4.69) is 22.9 Å². The van der Waals surface area contributed by atoms with Gasteiger partial charge in [0, 0.05) is 35.9 Å². The van der Waals surface area contributed by atoms with E-state index in [1.54, 1.807) is 0 Å². The van der Waals surface area contributed by atoms with Crippen LogP contribution in [-0.2, 0) is 5.88 Å². The van der Waals surface area contributed by atoms with Crippen molar-refractivity contribution in [3.8, 4) is 0 Å². The van der Waals surface area contributed by atoms with Crippen LogP contribution in [0, 0.1) is 0 Å². The molecule has 0 amide bonds. The molecule has 1 saturated heterocycles. The highest BCUT2D eigenvalue weighted by molar-refractivity contribution is 7.99. The van der Waals surface area contributed by atoms with Crippen LogP contribution in [0.3, 0.4) is 0 Å². The Morgan fingerprint density at radius 1 is 1.67 bits per heavy atom. The minimum Gasteiger partial charge on any atom is -0.352 e. The molecular formula is C11H15ClN2S. The molecule has 1 aliphatic rings. The van der Waals surface area contributed by atoms with Crippen LogP contribution in [0.5, 0.6) is 0 Å². The average molecular weight is 243 g/mol. The molecule has 0 radical (unpaired) electrons. The van der Waals surface area contributed by atoms with Gasteiger partial charge in [-0.15, -0.1) is 11.6 Å². The molecule has 1 aromatic rings. The molecular weight excluding hydrogens is 228 g/mol. The van der Waals surface area contributed by atoms with Crippen LogP contribution in [0.1, 0.15) is 12.5 Å². The van der Waals surface area contributed by atoms with E-state index in [0.29, 0.717) is 11.9 Å². The zero-order chi connectivity index (χ0) is 10.7. The lowest BCUT2D eigenvalue weighted by Crippen LogP contribution is -2.41. The Labute approximate surface area is 100 Å². The fraction of sp³-hybridized carbons (Fsp3) is 0.545. The van der Waals surface area contributed by atoms with Crippen LogP contribution < -0.4 is 4.90 Å². The number of anilines is 1. The van der Waals surface area contributed by atoms with Crippen LogP contribution in [-0.4, -0.2) is 29.1 Å². The Balaban J connectivity index is 2.26. The molecule has 2 rings (SSSR count). The summed E-state index contributed by atoms with van der Waals surface area (Å²) in [7, 11) is 0. The number of alkyl halides is 1. The molecule has 1 fully saturated rings. The number of thioether (sulfide) groups is 1. The molecule has 1 unspecified atom stereocenters. The van der Waals surface area contributed by atoms with Gasteiger partial charge in [0.2, 0.25) is 0 Å². The summed E-state index contributed by atoms with van der Waals surface area (Å²) in [5.41, 5.74) is 1.14. The molecule has 0 N–H and O–H groups in total. The molecule has 1 aliphatic heterocycles. The molecule has 4 heteroatoms. The Hall–Kier alpha value is -0.410. The van der Waals surface area contributed by atoms with E-state index in [4.69, 9.17) is 11.6 Å². The Morgan fingerprint density at radius 3 is 3.27 bits per heavy atom. The van der Waals surface area contributed by atoms with Gasteiger partial charge in [-0.25, -0.2) is 4.98 Å². The molecule has 0 spiro atoms. The summed E-state index contributed by atoms with van der Waals surface area (Å²) in [6.45, 7) is 3.32. The Morgan fingerprint density at radius 2 is 2.53 bits per heavy atom. The van der Waals surface area contributed by atoms with E-state index in [1.165, 1.54) is 11.5 Å². The van der Waals surface area contributed by atoms with Gasteiger partial charge in [-0.1, -0.05) is 6.07 Å². The molecule has 2 nitrogen and oxygen atoms in total. The number of aromatic nitrogens is 1. The standard InChI is InChI=1S/C11H15ClN2S/c1-9-8-15-6-5-14(9)11-10(7-12)3-2-4-13-11/h2-4,9H,5-8H2,1H3. The van der Waals surface area contributed by atoms with Crippen molar-refractivity contribution in [2.75, 3.05) is 23.0 Å². The maximum atomic E-state index is 5.93. The summed E-state index contributed by atoms with van der Waals surface area (Å²) in [5.74, 6) is 3.97. The first-order valence-electron chi connectivity index (χ1n) is 5.17. The van der Waals surface area contributed by atoms with Gasteiger partial charge in [-0.3, -0.25) is 0 Å². The highest BCUT2D eigenvalue weighted by atomic mass is 35.5. The summed E-state index contributed by atoms with van der Waals surface area (Å²) < 4.78 is 0. The van der Waals surface area contributed by atoms with Gasteiger partial charge in [-0.05, 0) is 13.0 Å². The first-order valence-corrected chi connectivity index (χ1v) is 6.86. The quantitative estimate of drug-likeness (QED) is 0.742. The van der Waals surface area contributed by atoms with Gasteiger partial charge in [0.15, 0.2) is 0 Å². The van der Waals surface area contributed by atoms with Crippen molar-refractivity contribution < 1.29 is 0 Å². The van der Waals surface area contributed by atoms with E-state index in [0.717, 1.165) is 17.9 Å². The summed E-state index contributed by atoms with van der Waals surface area (Å²) in [6, 6.07) is 4.56. The Kier molecular flexibility index (Phi) is 3.76. The van der Waals surface area contributed by atoms with Crippen molar-refractivity contribution >= 4 is 29.2 Å². The largest absolute Gasteiger partial charge is 0.352 e. The second kappa shape index (κ2) is 5.08. The number of pyridine rings is 1. The maximum Gasteiger partial charge on any atom is 0.133 e. The number of hydrogen-bond acceptors (Lipinski definition) is 3. The Bertz CT molecular complexity index is 332. The molecule has 1 atom stereocenters. The first-order chi connectivity index (χ1) is 7.33. The lowest BCUT2D eigenvalue weighted by Gasteiger charge is -2.35. The predicted octanol–water partition coefficient (Wildman–Crippen LogP) is 2.76. The third-order valence-corrected chi connectivity index (χ3v) is 4.13. The third-order valence-electron chi connectivity index (χ3n) is 2.65. The normalized spacial score (nSPS) is 21.7. The van der Waals surface area contributed by atoms with Crippen molar-refractivity contribution in [1.29, 1.82) is 0 Å². The summed E-state index contributed by atoms with van der Waals surface area (Å²) >= 11 is 7.94. The monoisotopic (exact) mass is 242 g/mol. The lowest BCUT2D eigenvalue weighted by atomic mass is 10.2. The number of nitrogens with zero attached hydrogens (tertiary/aromatic N) is 2. The molecule has 0 saturated carbocycles. The summed E-state index contributed by atoms with van der Waals surface area (Å²) in [5, 5.41) is 0. The van der Waals surface area contributed by atoms with E-state index in [9.17, 15) is 0 Å². The fourth-order valence-electron chi connectivity index (χ4n) is 1.83. The van der Waals surface area contributed by atoms with Crippen LogP contribution >= 0.6 is 23.4 Å². The number of halogens is 1. The molecule has 0 aromatic carbocycles. The molecule has 2 heterocycles. The van der Waals surface area contributed by atoms with E-state index in [-0.39, 0.29) is 0 Å². The van der Waals surface area contributed by atoms with Gasteiger partial charge in [0.25, 0.3) is 0 Å². The SMILES string of the molecule is CC1CSCCN1c1ncccc1CCl. The highest BCUT2D eigenvalue weighted by Crippen LogP contribution is 2.25. The summed E-state index contributed by atoms with van der Waals surface area (Å²) in [6.07, 6.45) is 1.85. The third kappa shape index (κ3) is 2.40. The maximum absolute atomic E-state index is 5.93. The van der Waals surface area contributed by atoms with Crippen molar-refractivity contribution in [2.24, 2.45) is 0 Å². The minimum absolute atomic E-state index is 0.541. The lowest BCUT2D eigenvalue weighted by molar-refractivity contribution is 0.687. The summed E-state index contributed by atoms with van der Waals surface area (Å²) in [4.78, 5) is 6.83. The second-order valence-electron chi connectivity index (χ2n) is 3.74.